The van der Waals surface area contributed by atoms with Crippen LogP contribution in [0.5, 0.6) is 0 Å². The lowest BCUT2D eigenvalue weighted by Crippen LogP contribution is -2.57. The molecule has 0 spiro atoms. The molecule has 1 aliphatic carbocycles. The van der Waals surface area contributed by atoms with Crippen molar-refractivity contribution in [2.24, 2.45) is 11.8 Å². The quantitative estimate of drug-likeness (QED) is 0.219. The first-order chi connectivity index (χ1) is 16.3. The van der Waals surface area contributed by atoms with E-state index in [1.165, 1.54) is 36.4 Å². The number of allylic oxidation sites excluding steroid dienone is 2. The van der Waals surface area contributed by atoms with Gasteiger partial charge in [-0.1, -0.05) is 35.4 Å². The van der Waals surface area contributed by atoms with Gasteiger partial charge in [0.1, 0.15) is 6.04 Å². The lowest BCUT2D eigenvalue weighted by molar-refractivity contribution is -0.156. The molecule has 0 aromatic heterocycles. The number of Topliss-reactive ketones (excluding diaryl/α,β-unsaturated/α-hetero) is 1. The van der Waals surface area contributed by atoms with Gasteiger partial charge in [0.2, 0.25) is 0 Å². The number of rotatable bonds is 7. The third-order valence-corrected chi connectivity index (χ3v) is 6.83. The van der Waals surface area contributed by atoms with E-state index in [9.17, 15) is 19.2 Å². The van der Waals surface area contributed by atoms with Gasteiger partial charge in [-0.25, -0.2) is 5.01 Å². The predicted molar refractivity (Wildman–Crippen MR) is 130 cm³/mol. The molecule has 1 aliphatic heterocycles. The summed E-state index contributed by atoms with van der Waals surface area (Å²) in [6.45, 7) is 0. The number of ketones is 1. The molecule has 2 aromatic rings. The second-order valence-electron chi connectivity index (χ2n) is 8.17. The molecule has 1 saturated heterocycles. The SMILES string of the molecule is O=C(c1ccc(Cl)cc1)[C@H](CCCl)N(C(=O)c1ccc(Cl)cc1)N1C(=O)[C@@H]2CC=CC[C@H]2C1=O. The van der Waals surface area contributed by atoms with E-state index < -0.39 is 41.4 Å². The van der Waals surface area contributed by atoms with Crippen LogP contribution in [0.1, 0.15) is 40.0 Å². The average molecular weight is 520 g/mol. The van der Waals surface area contributed by atoms with Gasteiger partial charge < -0.3 is 0 Å². The molecule has 34 heavy (non-hydrogen) atoms. The Bertz CT molecular complexity index is 1120. The fraction of sp³-hybridized carbons (Fsp3) is 0.280. The number of hydrogen-bond acceptors (Lipinski definition) is 4. The Morgan fingerprint density at radius 2 is 1.32 bits per heavy atom. The first-order valence-corrected chi connectivity index (χ1v) is 12.1. The van der Waals surface area contributed by atoms with Crippen LogP contribution in [0.2, 0.25) is 10.0 Å². The lowest BCUT2D eigenvalue weighted by atomic mass is 9.85. The number of fused-ring (bicyclic) bond motifs is 1. The summed E-state index contributed by atoms with van der Waals surface area (Å²) in [5.41, 5.74) is 0.466. The maximum absolute atomic E-state index is 13.8. The van der Waals surface area contributed by atoms with Gasteiger partial charge in [0.05, 0.1) is 11.8 Å². The van der Waals surface area contributed by atoms with E-state index in [1.807, 2.05) is 12.2 Å². The third kappa shape index (κ3) is 4.63. The van der Waals surface area contributed by atoms with Crippen LogP contribution in [0.25, 0.3) is 0 Å². The van der Waals surface area contributed by atoms with Crippen LogP contribution in [0.15, 0.2) is 60.7 Å². The smallest absolute Gasteiger partial charge is 0.273 e. The molecule has 3 atom stereocenters. The Morgan fingerprint density at radius 3 is 1.79 bits per heavy atom. The number of hydrogen-bond donors (Lipinski definition) is 0. The minimum Gasteiger partial charge on any atom is -0.292 e. The lowest BCUT2D eigenvalue weighted by Gasteiger charge is -2.36. The third-order valence-electron chi connectivity index (χ3n) is 6.11. The summed E-state index contributed by atoms with van der Waals surface area (Å²) >= 11 is 18.0. The molecule has 0 radical (unpaired) electrons. The van der Waals surface area contributed by atoms with Crippen LogP contribution in [-0.4, -0.2) is 45.4 Å². The van der Waals surface area contributed by atoms with Crippen molar-refractivity contribution in [3.8, 4) is 0 Å². The highest BCUT2D eigenvalue weighted by molar-refractivity contribution is 6.31. The van der Waals surface area contributed by atoms with E-state index in [4.69, 9.17) is 34.8 Å². The molecule has 9 heteroatoms. The van der Waals surface area contributed by atoms with Gasteiger partial charge in [0, 0.05) is 27.1 Å². The minimum atomic E-state index is -1.18. The monoisotopic (exact) mass is 518 g/mol. The summed E-state index contributed by atoms with van der Waals surface area (Å²) in [6, 6.07) is 11.0. The van der Waals surface area contributed by atoms with Crippen LogP contribution >= 0.6 is 34.8 Å². The van der Waals surface area contributed by atoms with E-state index in [2.05, 4.69) is 0 Å². The zero-order valence-electron chi connectivity index (χ0n) is 18.0. The summed E-state index contributed by atoms with van der Waals surface area (Å²) < 4.78 is 0. The van der Waals surface area contributed by atoms with Gasteiger partial charge in [0.25, 0.3) is 17.7 Å². The summed E-state index contributed by atoms with van der Waals surface area (Å²) in [5, 5.41) is 2.72. The van der Waals surface area contributed by atoms with Crippen LogP contribution in [-0.2, 0) is 9.59 Å². The number of hydrazine groups is 1. The molecule has 1 fully saturated rings. The van der Waals surface area contributed by atoms with E-state index in [1.54, 1.807) is 12.1 Å². The van der Waals surface area contributed by atoms with E-state index in [0.29, 0.717) is 22.9 Å². The van der Waals surface area contributed by atoms with E-state index in [0.717, 1.165) is 10.0 Å². The number of imide groups is 1. The average Bonchev–Trinajstić information content (AvgIpc) is 3.09. The summed E-state index contributed by atoms with van der Waals surface area (Å²) in [4.78, 5) is 54.1. The Morgan fingerprint density at radius 1 is 0.853 bits per heavy atom. The Labute approximate surface area is 212 Å². The number of carbonyl (C=O) groups is 4. The molecule has 3 amide bonds. The highest BCUT2D eigenvalue weighted by Crippen LogP contribution is 2.37. The number of carbonyl (C=O) groups excluding carboxylic acids is 4. The molecule has 1 heterocycles. The minimum absolute atomic E-state index is 0.0268. The Balaban J connectivity index is 1.80. The summed E-state index contributed by atoms with van der Waals surface area (Å²) in [7, 11) is 0. The predicted octanol–water partition coefficient (Wildman–Crippen LogP) is 5.18. The van der Waals surface area contributed by atoms with Gasteiger partial charge >= 0.3 is 0 Å². The number of benzene rings is 2. The summed E-state index contributed by atoms with van der Waals surface area (Å²) in [5.74, 6) is -3.22. The van der Waals surface area contributed by atoms with Crippen molar-refractivity contribution in [3.63, 3.8) is 0 Å². The van der Waals surface area contributed by atoms with Crippen molar-refractivity contribution in [3.05, 3.63) is 81.9 Å². The van der Waals surface area contributed by atoms with Crippen LogP contribution in [0.4, 0.5) is 0 Å². The van der Waals surface area contributed by atoms with Crippen LogP contribution in [0, 0.1) is 11.8 Å². The standard InChI is InChI=1S/C25H21Cl3N2O4/c26-14-13-21(22(31)15-5-9-17(27)10-6-15)29(23(32)16-7-11-18(28)12-8-16)30-24(33)19-3-1-2-4-20(19)25(30)34/h1-2,5-12,19-21H,3-4,13-14H2/t19-,20-,21+/m1/s1. The van der Waals surface area contributed by atoms with E-state index >= 15 is 0 Å². The van der Waals surface area contributed by atoms with Crippen LogP contribution in [0.3, 0.4) is 0 Å². The first kappa shape index (κ1) is 24.5. The van der Waals surface area contributed by atoms with Gasteiger partial charge in [-0.15, -0.1) is 11.6 Å². The molecule has 4 rings (SSSR count). The number of alkyl halides is 1. The fourth-order valence-corrected chi connectivity index (χ4v) is 4.82. The van der Waals surface area contributed by atoms with E-state index in [-0.39, 0.29) is 23.4 Å². The molecule has 6 nitrogen and oxygen atoms in total. The Kier molecular flexibility index (Phi) is 7.41. The zero-order valence-corrected chi connectivity index (χ0v) is 20.3. The highest BCUT2D eigenvalue weighted by Gasteiger charge is 2.53. The number of halogens is 3. The maximum atomic E-state index is 13.8. The van der Waals surface area contributed by atoms with Gasteiger partial charge in [-0.05, 0) is 67.8 Å². The molecule has 0 N–H and O–H groups in total. The van der Waals surface area contributed by atoms with Crippen molar-refractivity contribution in [2.45, 2.75) is 25.3 Å². The van der Waals surface area contributed by atoms with Crippen molar-refractivity contribution in [1.29, 1.82) is 0 Å². The first-order valence-electron chi connectivity index (χ1n) is 10.8. The van der Waals surface area contributed by atoms with Crippen molar-refractivity contribution >= 4 is 58.3 Å². The van der Waals surface area contributed by atoms with Gasteiger partial charge in [-0.3, -0.25) is 19.2 Å². The van der Waals surface area contributed by atoms with Crippen molar-refractivity contribution in [2.75, 3.05) is 5.88 Å². The number of nitrogens with zero attached hydrogens (tertiary/aromatic N) is 2. The second kappa shape index (κ2) is 10.3. The normalized spacial score (nSPS) is 20.3. The highest BCUT2D eigenvalue weighted by atomic mass is 35.5. The van der Waals surface area contributed by atoms with Gasteiger partial charge in [-0.2, -0.15) is 5.01 Å². The van der Waals surface area contributed by atoms with Crippen molar-refractivity contribution in [1.82, 2.24) is 10.0 Å². The molecular weight excluding hydrogens is 499 g/mol. The molecule has 0 bridgehead atoms. The Hall–Kier alpha value is -2.67. The maximum Gasteiger partial charge on any atom is 0.273 e. The molecule has 2 aromatic carbocycles. The molecular formula is C25H21Cl3N2O4. The summed E-state index contributed by atoms with van der Waals surface area (Å²) in [6.07, 6.45) is 4.56. The zero-order chi connectivity index (χ0) is 24.4. The second-order valence-corrected chi connectivity index (χ2v) is 9.42. The molecule has 0 unspecified atom stereocenters. The fourth-order valence-electron chi connectivity index (χ4n) is 4.37. The molecule has 0 saturated carbocycles. The molecule has 2 aliphatic rings. The van der Waals surface area contributed by atoms with Crippen molar-refractivity contribution < 1.29 is 19.2 Å². The molecule has 176 valence electrons. The van der Waals surface area contributed by atoms with Crippen LogP contribution < -0.4 is 0 Å². The largest absolute Gasteiger partial charge is 0.292 e. The topological polar surface area (TPSA) is 74.8 Å². The van der Waals surface area contributed by atoms with Gasteiger partial charge in [0.15, 0.2) is 5.78 Å². The number of amides is 3.